The zero-order chi connectivity index (χ0) is 23.0. The van der Waals surface area contributed by atoms with Crippen LogP contribution in [0.1, 0.15) is 34.7 Å². The number of nitrogens with zero attached hydrogens (tertiary/aromatic N) is 3. The van der Waals surface area contributed by atoms with Crippen LogP contribution in [-0.4, -0.2) is 41.9 Å². The van der Waals surface area contributed by atoms with E-state index in [4.69, 9.17) is 4.52 Å². The molecule has 4 rings (SSSR count). The Bertz CT molecular complexity index is 1260. The smallest absolute Gasteiger partial charge is 0.244 e. The lowest BCUT2D eigenvalue weighted by Crippen LogP contribution is -2.43. The minimum absolute atomic E-state index is 0.149. The standard InChI is InChI=1S/C22H26N4O4S2/c1-13-7-5-9-18(14(13)2)24-22(27)17-8-6-10-26(12-17)32(28,29)20-11-19(31-15(20)3)21-23-16(4)30-25-21/h5,7,9,11,17H,6,8,10,12H2,1-4H3,(H,24,27)/t17-/m0/s1. The van der Waals surface area contributed by atoms with Gasteiger partial charge in [-0.2, -0.15) is 9.29 Å². The predicted octanol–water partition coefficient (Wildman–Crippen LogP) is 4.07. The molecule has 1 saturated heterocycles. The highest BCUT2D eigenvalue weighted by atomic mass is 32.2. The molecular weight excluding hydrogens is 448 g/mol. The van der Waals surface area contributed by atoms with Gasteiger partial charge in [0.25, 0.3) is 0 Å². The number of amides is 1. The van der Waals surface area contributed by atoms with Crippen LogP contribution >= 0.6 is 11.3 Å². The number of piperidine rings is 1. The average Bonchev–Trinajstić information content (AvgIpc) is 3.37. The Kier molecular flexibility index (Phi) is 6.19. The summed E-state index contributed by atoms with van der Waals surface area (Å²) in [4.78, 5) is 18.7. The molecule has 0 aliphatic carbocycles. The van der Waals surface area contributed by atoms with Gasteiger partial charge in [-0.25, -0.2) is 8.42 Å². The van der Waals surface area contributed by atoms with Crippen molar-refractivity contribution in [3.8, 4) is 10.7 Å². The normalized spacial score (nSPS) is 17.4. The molecule has 1 amide bonds. The van der Waals surface area contributed by atoms with Crippen LogP contribution in [0.3, 0.4) is 0 Å². The molecular formula is C22H26N4O4S2. The summed E-state index contributed by atoms with van der Waals surface area (Å²) < 4.78 is 33.3. The lowest BCUT2D eigenvalue weighted by atomic mass is 9.98. The summed E-state index contributed by atoms with van der Waals surface area (Å²) in [5.41, 5.74) is 2.87. The minimum atomic E-state index is -3.75. The first-order chi connectivity index (χ1) is 15.2. The first kappa shape index (κ1) is 22.6. The number of anilines is 1. The Morgan fingerprint density at radius 2 is 2.03 bits per heavy atom. The van der Waals surface area contributed by atoms with Crippen LogP contribution < -0.4 is 5.32 Å². The summed E-state index contributed by atoms with van der Waals surface area (Å²) in [6.07, 6.45) is 1.28. The zero-order valence-electron chi connectivity index (χ0n) is 18.5. The lowest BCUT2D eigenvalue weighted by Gasteiger charge is -2.31. The second-order valence-electron chi connectivity index (χ2n) is 8.11. The highest BCUT2D eigenvalue weighted by Crippen LogP contribution is 2.35. The number of hydrogen-bond acceptors (Lipinski definition) is 7. The Morgan fingerprint density at radius 1 is 1.25 bits per heavy atom. The van der Waals surface area contributed by atoms with E-state index in [1.54, 1.807) is 19.9 Å². The highest BCUT2D eigenvalue weighted by Gasteiger charge is 2.35. The molecule has 1 aliphatic heterocycles. The number of aromatic nitrogens is 2. The first-order valence-corrected chi connectivity index (χ1v) is 12.7. The number of hydrogen-bond donors (Lipinski definition) is 1. The van der Waals surface area contributed by atoms with Crippen molar-refractivity contribution in [3.63, 3.8) is 0 Å². The topological polar surface area (TPSA) is 105 Å². The van der Waals surface area contributed by atoms with Gasteiger partial charge in [0.2, 0.25) is 27.6 Å². The number of carbonyl (C=O) groups is 1. The molecule has 170 valence electrons. The fraction of sp³-hybridized carbons (Fsp3) is 0.409. The molecule has 1 N–H and O–H groups in total. The largest absolute Gasteiger partial charge is 0.339 e. The van der Waals surface area contributed by atoms with Crippen molar-refractivity contribution < 1.29 is 17.7 Å². The monoisotopic (exact) mass is 474 g/mol. The predicted molar refractivity (Wildman–Crippen MR) is 123 cm³/mol. The molecule has 0 spiro atoms. The maximum Gasteiger partial charge on any atom is 0.244 e. The molecule has 0 radical (unpaired) electrons. The van der Waals surface area contributed by atoms with Gasteiger partial charge >= 0.3 is 0 Å². The number of thiophene rings is 1. The number of carbonyl (C=O) groups excluding carboxylic acids is 1. The molecule has 3 heterocycles. The van der Waals surface area contributed by atoms with E-state index >= 15 is 0 Å². The van der Waals surface area contributed by atoms with E-state index in [1.807, 2.05) is 32.0 Å². The van der Waals surface area contributed by atoms with Gasteiger partial charge in [-0.05, 0) is 56.9 Å². The van der Waals surface area contributed by atoms with E-state index in [2.05, 4.69) is 15.5 Å². The van der Waals surface area contributed by atoms with E-state index in [1.165, 1.54) is 15.6 Å². The van der Waals surface area contributed by atoms with Crippen LogP contribution in [0.5, 0.6) is 0 Å². The average molecular weight is 475 g/mol. The van der Waals surface area contributed by atoms with Crippen LogP contribution in [0, 0.1) is 33.6 Å². The first-order valence-electron chi connectivity index (χ1n) is 10.4. The van der Waals surface area contributed by atoms with Crippen LogP contribution in [0.15, 0.2) is 33.7 Å². The quantitative estimate of drug-likeness (QED) is 0.598. The van der Waals surface area contributed by atoms with Crippen molar-refractivity contribution in [2.75, 3.05) is 18.4 Å². The van der Waals surface area contributed by atoms with Gasteiger partial charge in [0.1, 0.15) is 0 Å². The minimum Gasteiger partial charge on any atom is -0.339 e. The number of benzene rings is 1. The molecule has 0 bridgehead atoms. The molecule has 1 atom stereocenters. The van der Waals surface area contributed by atoms with Crippen LogP contribution in [0.2, 0.25) is 0 Å². The van der Waals surface area contributed by atoms with Crippen molar-refractivity contribution in [1.82, 2.24) is 14.4 Å². The van der Waals surface area contributed by atoms with Crippen LogP contribution in [0.4, 0.5) is 5.69 Å². The number of aryl methyl sites for hydroxylation is 3. The number of nitrogens with one attached hydrogen (secondary N) is 1. The van der Waals surface area contributed by atoms with Gasteiger partial charge in [-0.15, -0.1) is 11.3 Å². The van der Waals surface area contributed by atoms with Crippen molar-refractivity contribution >= 4 is 33.0 Å². The van der Waals surface area contributed by atoms with Gasteiger partial charge in [-0.3, -0.25) is 4.79 Å². The zero-order valence-corrected chi connectivity index (χ0v) is 20.1. The second-order valence-corrected chi connectivity index (χ2v) is 11.3. The number of sulfonamides is 1. The summed E-state index contributed by atoms with van der Waals surface area (Å²) in [7, 11) is -3.75. The van der Waals surface area contributed by atoms with Crippen molar-refractivity contribution in [1.29, 1.82) is 0 Å². The fourth-order valence-electron chi connectivity index (χ4n) is 3.87. The van der Waals surface area contributed by atoms with Gasteiger partial charge in [-0.1, -0.05) is 17.3 Å². The second kappa shape index (κ2) is 8.76. The van der Waals surface area contributed by atoms with E-state index in [0.717, 1.165) is 16.8 Å². The third-order valence-electron chi connectivity index (χ3n) is 5.86. The Hall–Kier alpha value is -2.56. The fourth-order valence-corrected chi connectivity index (χ4v) is 6.88. The highest BCUT2D eigenvalue weighted by molar-refractivity contribution is 7.89. The molecule has 32 heavy (non-hydrogen) atoms. The molecule has 0 saturated carbocycles. The molecule has 10 heteroatoms. The molecule has 0 unspecified atom stereocenters. The summed E-state index contributed by atoms with van der Waals surface area (Å²) in [6.45, 7) is 7.96. The maximum atomic E-state index is 13.4. The van der Waals surface area contributed by atoms with Gasteiger partial charge in [0.05, 0.1) is 15.7 Å². The summed E-state index contributed by atoms with van der Waals surface area (Å²) in [6, 6.07) is 7.36. The molecule has 1 aromatic carbocycles. The molecule has 1 aliphatic rings. The third-order valence-corrected chi connectivity index (χ3v) is 9.02. The summed E-state index contributed by atoms with van der Waals surface area (Å²) in [5, 5.41) is 6.87. The van der Waals surface area contributed by atoms with Gasteiger partial charge < -0.3 is 9.84 Å². The molecule has 8 nitrogen and oxygen atoms in total. The third kappa shape index (κ3) is 4.35. The van der Waals surface area contributed by atoms with E-state index in [9.17, 15) is 13.2 Å². The van der Waals surface area contributed by atoms with Crippen molar-refractivity contribution in [2.45, 2.75) is 45.4 Å². The van der Waals surface area contributed by atoms with Crippen molar-refractivity contribution in [3.05, 3.63) is 46.2 Å². The Morgan fingerprint density at radius 3 is 2.75 bits per heavy atom. The summed E-state index contributed by atoms with van der Waals surface area (Å²) in [5.74, 6) is 0.242. The lowest BCUT2D eigenvalue weighted by molar-refractivity contribution is -0.120. The molecule has 3 aromatic rings. The van der Waals surface area contributed by atoms with E-state index < -0.39 is 15.9 Å². The van der Waals surface area contributed by atoms with Gasteiger partial charge in [0, 0.05) is 30.6 Å². The Balaban J connectivity index is 1.53. The summed E-state index contributed by atoms with van der Waals surface area (Å²) >= 11 is 1.31. The van der Waals surface area contributed by atoms with E-state index in [0.29, 0.717) is 40.9 Å². The number of rotatable bonds is 5. The SMILES string of the molecule is Cc1nc(-c2cc(S(=O)(=O)N3CCC[C@H](C(=O)Nc4cccc(C)c4C)C3)c(C)s2)no1. The molecule has 1 fully saturated rings. The Labute approximate surface area is 191 Å². The maximum absolute atomic E-state index is 13.4. The van der Waals surface area contributed by atoms with Gasteiger partial charge in [0.15, 0.2) is 0 Å². The molecule has 2 aromatic heterocycles. The van der Waals surface area contributed by atoms with E-state index in [-0.39, 0.29) is 17.3 Å². The van der Waals surface area contributed by atoms with Crippen LogP contribution in [0.25, 0.3) is 10.7 Å². The van der Waals surface area contributed by atoms with Crippen molar-refractivity contribution in [2.24, 2.45) is 5.92 Å². The van der Waals surface area contributed by atoms with Crippen LogP contribution in [-0.2, 0) is 14.8 Å².